The first kappa shape index (κ1) is 32.1. The number of anilines is 1. The summed E-state index contributed by atoms with van der Waals surface area (Å²) in [6.45, 7) is 8.16. The highest BCUT2D eigenvalue weighted by Gasteiger charge is 2.38. The second-order valence-corrected chi connectivity index (χ2v) is 13.6. The van der Waals surface area contributed by atoms with Crippen LogP contribution in [0, 0.1) is 11.7 Å². The fourth-order valence-corrected chi connectivity index (χ4v) is 6.71. The zero-order valence-electron chi connectivity index (χ0n) is 24.8. The largest absolute Gasteiger partial charge is 0.451 e. The number of sulfonamides is 1. The van der Waals surface area contributed by atoms with Gasteiger partial charge in [-0.2, -0.15) is 0 Å². The molecule has 2 aliphatic rings. The molecule has 1 aromatic carbocycles. The Balaban J connectivity index is 1.38. The number of ether oxygens (including phenoxy) is 1. The summed E-state index contributed by atoms with van der Waals surface area (Å²) >= 11 is 0. The summed E-state index contributed by atoms with van der Waals surface area (Å²) in [5, 5.41) is 14.8. The van der Waals surface area contributed by atoms with E-state index < -0.39 is 21.4 Å². The van der Waals surface area contributed by atoms with Crippen LogP contribution >= 0.6 is 0 Å². The molecule has 2 fully saturated rings. The Morgan fingerprint density at radius 1 is 1.26 bits per heavy atom. The first-order valence-electron chi connectivity index (χ1n) is 14.6. The molecule has 1 saturated carbocycles. The van der Waals surface area contributed by atoms with Gasteiger partial charge in [0.25, 0.3) is 5.91 Å². The van der Waals surface area contributed by atoms with E-state index in [0.29, 0.717) is 50.1 Å². The molecular formula is C29H43FN6O5S. The van der Waals surface area contributed by atoms with E-state index in [-0.39, 0.29) is 29.3 Å². The number of benzene rings is 1. The maximum atomic E-state index is 14.2. The summed E-state index contributed by atoms with van der Waals surface area (Å²) < 4.78 is 46.0. The summed E-state index contributed by atoms with van der Waals surface area (Å²) in [7, 11) is -3.20. The Morgan fingerprint density at radius 2 is 2.00 bits per heavy atom. The van der Waals surface area contributed by atoms with Gasteiger partial charge in [0.2, 0.25) is 10.0 Å². The van der Waals surface area contributed by atoms with Crippen LogP contribution in [0.3, 0.4) is 0 Å². The molecule has 0 spiro atoms. The average Bonchev–Trinajstić information content (AvgIpc) is 3.32. The van der Waals surface area contributed by atoms with Crippen LogP contribution in [0.5, 0.6) is 11.5 Å². The quantitative estimate of drug-likeness (QED) is 0.333. The van der Waals surface area contributed by atoms with E-state index in [1.165, 1.54) is 37.0 Å². The molecule has 1 aliphatic heterocycles. The van der Waals surface area contributed by atoms with Gasteiger partial charge in [-0.15, -0.1) is 0 Å². The maximum absolute atomic E-state index is 14.2. The monoisotopic (exact) mass is 606 g/mol. The lowest BCUT2D eigenvalue weighted by Gasteiger charge is -2.30. The third-order valence-corrected chi connectivity index (χ3v) is 8.78. The first-order valence-corrected chi connectivity index (χ1v) is 16.5. The minimum absolute atomic E-state index is 0.00185. The number of carbonyl (C=O) groups is 1. The van der Waals surface area contributed by atoms with Crippen LogP contribution in [0.2, 0.25) is 0 Å². The third kappa shape index (κ3) is 8.36. The van der Waals surface area contributed by atoms with Crippen LogP contribution in [0.1, 0.15) is 63.2 Å². The second-order valence-electron chi connectivity index (χ2n) is 11.8. The number of carbonyl (C=O) groups excluding carboxylic acids is 1. The number of aliphatic hydroxyl groups is 1. The lowest BCUT2D eigenvalue weighted by Crippen LogP contribution is -2.45. The van der Waals surface area contributed by atoms with Crippen molar-refractivity contribution in [3.8, 4) is 11.5 Å². The molecule has 13 heteroatoms. The van der Waals surface area contributed by atoms with Crippen molar-refractivity contribution in [2.24, 2.45) is 5.92 Å². The van der Waals surface area contributed by atoms with Crippen molar-refractivity contribution in [3.05, 3.63) is 42.1 Å². The van der Waals surface area contributed by atoms with E-state index in [4.69, 9.17) is 4.74 Å². The molecule has 0 radical (unpaired) electrons. The summed E-state index contributed by atoms with van der Waals surface area (Å²) in [5.41, 5.74) is -0.865. The predicted molar refractivity (Wildman–Crippen MR) is 159 cm³/mol. The molecule has 3 N–H and O–H groups in total. The lowest BCUT2D eigenvalue weighted by molar-refractivity contribution is 0.0612. The van der Waals surface area contributed by atoms with Gasteiger partial charge in [0.05, 0.1) is 23.6 Å². The van der Waals surface area contributed by atoms with Crippen LogP contribution in [0.15, 0.2) is 30.7 Å². The Hall–Kier alpha value is -2.87. The molecular weight excluding hydrogens is 563 g/mol. The van der Waals surface area contributed by atoms with E-state index in [1.54, 1.807) is 4.90 Å². The molecule has 232 valence electrons. The first-order chi connectivity index (χ1) is 19.9. The molecule has 1 amide bonds. The van der Waals surface area contributed by atoms with E-state index in [2.05, 4.69) is 20.0 Å². The molecule has 42 heavy (non-hydrogen) atoms. The molecule has 1 saturated heterocycles. The molecule has 1 aromatic heterocycles. The van der Waals surface area contributed by atoms with Gasteiger partial charge in [0, 0.05) is 38.3 Å². The molecule has 1 atom stereocenters. The minimum Gasteiger partial charge on any atom is -0.451 e. The average molecular weight is 607 g/mol. The van der Waals surface area contributed by atoms with Crippen LogP contribution in [-0.4, -0.2) is 91.0 Å². The van der Waals surface area contributed by atoms with Crippen molar-refractivity contribution in [2.45, 2.75) is 70.6 Å². The van der Waals surface area contributed by atoms with Gasteiger partial charge in [-0.05, 0) is 83.5 Å². The van der Waals surface area contributed by atoms with Crippen LogP contribution in [0.25, 0.3) is 0 Å². The van der Waals surface area contributed by atoms with Crippen LogP contribution in [-0.2, 0) is 10.0 Å². The summed E-state index contributed by atoms with van der Waals surface area (Å²) in [6.07, 6.45) is 8.09. The Morgan fingerprint density at radius 3 is 2.67 bits per heavy atom. The summed E-state index contributed by atoms with van der Waals surface area (Å²) in [4.78, 5) is 25.3. The van der Waals surface area contributed by atoms with Crippen molar-refractivity contribution in [1.29, 1.82) is 0 Å². The number of rotatable bonds is 12. The SMILES string of the molecule is CCN(C(=O)c1cc(F)ccc1Oc1cncnc1N1CCC(O)(CNC[C@H]2CC[C@H](NS(C)(=O)=O)CC2)C1)C(C)C. The molecule has 0 bridgehead atoms. The Bertz CT molecular complexity index is 1340. The fraction of sp³-hybridized carbons (Fsp3) is 0.621. The van der Waals surface area contributed by atoms with E-state index in [0.717, 1.165) is 32.2 Å². The van der Waals surface area contributed by atoms with Crippen molar-refractivity contribution in [1.82, 2.24) is 24.9 Å². The Labute approximate surface area is 247 Å². The van der Waals surface area contributed by atoms with Crippen LogP contribution in [0.4, 0.5) is 10.2 Å². The molecule has 2 aromatic rings. The van der Waals surface area contributed by atoms with Gasteiger partial charge in [-0.1, -0.05) is 0 Å². The van der Waals surface area contributed by atoms with Gasteiger partial charge in [0.15, 0.2) is 11.6 Å². The number of β-amino-alcohol motifs (C(OH)–C–C–N with tert-alkyl or cyclic N) is 1. The maximum Gasteiger partial charge on any atom is 0.257 e. The van der Waals surface area contributed by atoms with E-state index >= 15 is 0 Å². The minimum atomic E-state index is -3.20. The number of nitrogens with zero attached hydrogens (tertiary/aromatic N) is 4. The lowest BCUT2D eigenvalue weighted by atomic mass is 9.86. The van der Waals surface area contributed by atoms with Crippen molar-refractivity contribution in [3.63, 3.8) is 0 Å². The third-order valence-electron chi connectivity index (χ3n) is 8.02. The van der Waals surface area contributed by atoms with Crippen molar-refractivity contribution < 1.29 is 27.4 Å². The molecule has 4 rings (SSSR count). The summed E-state index contributed by atoms with van der Waals surface area (Å²) in [6, 6.07) is 3.79. The van der Waals surface area contributed by atoms with Gasteiger partial charge in [0.1, 0.15) is 17.9 Å². The fourth-order valence-electron chi connectivity index (χ4n) is 5.87. The second kappa shape index (κ2) is 13.6. The van der Waals surface area contributed by atoms with Gasteiger partial charge < -0.3 is 25.0 Å². The highest BCUT2D eigenvalue weighted by atomic mass is 32.2. The van der Waals surface area contributed by atoms with E-state index in [1.807, 2.05) is 25.7 Å². The van der Waals surface area contributed by atoms with Gasteiger partial charge in [-0.3, -0.25) is 4.79 Å². The van der Waals surface area contributed by atoms with Crippen molar-refractivity contribution in [2.75, 3.05) is 43.9 Å². The smallest absolute Gasteiger partial charge is 0.257 e. The van der Waals surface area contributed by atoms with Gasteiger partial charge in [-0.25, -0.2) is 27.5 Å². The topological polar surface area (TPSA) is 137 Å². The molecule has 2 heterocycles. The number of nitrogens with one attached hydrogen (secondary N) is 2. The number of amides is 1. The normalized spacial score (nSPS) is 22.9. The molecule has 1 aliphatic carbocycles. The highest BCUT2D eigenvalue weighted by Crippen LogP contribution is 2.36. The highest BCUT2D eigenvalue weighted by molar-refractivity contribution is 7.88. The van der Waals surface area contributed by atoms with Gasteiger partial charge >= 0.3 is 0 Å². The predicted octanol–water partition coefficient (Wildman–Crippen LogP) is 2.92. The summed E-state index contributed by atoms with van der Waals surface area (Å²) in [5.74, 6) is 0.554. The standard InChI is InChI=1S/C29H43FN6O5S/c1-5-36(20(2)3)28(37)24-14-22(30)8-11-25(24)41-26-16-32-19-33-27(26)35-13-12-29(38,18-35)17-31-15-21-6-9-23(10-7-21)34-42(4,39)40/h8,11,14,16,19-21,23,31,34,38H,5-7,9-10,12-13,15,17-18H2,1-4H3/t21-,23-,29?. The molecule has 1 unspecified atom stereocenters. The number of hydrogen-bond donors (Lipinski definition) is 3. The molecule has 11 nitrogen and oxygen atoms in total. The Kier molecular flexibility index (Phi) is 10.4. The van der Waals surface area contributed by atoms with Crippen molar-refractivity contribution >= 4 is 21.7 Å². The van der Waals surface area contributed by atoms with E-state index in [9.17, 15) is 22.7 Å². The zero-order chi connectivity index (χ0) is 30.5. The zero-order valence-corrected chi connectivity index (χ0v) is 25.7. The number of halogens is 1. The number of hydrogen-bond acceptors (Lipinski definition) is 9. The van der Waals surface area contributed by atoms with Crippen LogP contribution < -0.4 is 19.7 Å². The number of aromatic nitrogens is 2.